The maximum atomic E-state index is 9.56. The Bertz CT molecular complexity index is 889. The van der Waals surface area contributed by atoms with Crippen LogP contribution in [0.25, 0.3) is 0 Å². The third kappa shape index (κ3) is 8.06. The SMILES string of the molecule is Cc1ccc(OCCCNCC2CCc3ccc(O)cc3O2)cc1N.O=C(O)C(=O)O. The van der Waals surface area contributed by atoms with Crippen LogP contribution in [0.15, 0.2) is 36.4 Å². The number of carboxylic acid groups (broad SMARTS) is 2. The van der Waals surface area contributed by atoms with Crippen molar-refractivity contribution >= 4 is 17.6 Å². The number of aliphatic carboxylic acids is 2. The fraction of sp³-hybridized carbons (Fsp3) is 0.364. The number of fused-ring (bicyclic) bond motifs is 1. The molecule has 1 unspecified atom stereocenters. The lowest BCUT2D eigenvalue weighted by Crippen LogP contribution is -2.34. The first-order chi connectivity index (χ1) is 14.8. The van der Waals surface area contributed by atoms with E-state index in [1.54, 1.807) is 12.1 Å². The molecule has 168 valence electrons. The molecule has 0 aromatic heterocycles. The minimum atomic E-state index is -1.82. The number of carbonyl (C=O) groups is 2. The smallest absolute Gasteiger partial charge is 0.414 e. The number of ether oxygens (including phenoxy) is 2. The topological polar surface area (TPSA) is 151 Å². The van der Waals surface area contributed by atoms with E-state index in [0.29, 0.717) is 6.61 Å². The number of phenolic OH excluding ortho intramolecular Hbond substituents is 1. The van der Waals surface area contributed by atoms with E-state index in [-0.39, 0.29) is 11.9 Å². The van der Waals surface area contributed by atoms with Crippen molar-refractivity contribution in [1.29, 1.82) is 0 Å². The van der Waals surface area contributed by atoms with Crippen LogP contribution in [-0.4, -0.2) is 53.1 Å². The van der Waals surface area contributed by atoms with Crippen LogP contribution >= 0.6 is 0 Å². The van der Waals surface area contributed by atoms with Crippen LogP contribution in [0.2, 0.25) is 0 Å². The molecule has 0 aliphatic carbocycles. The van der Waals surface area contributed by atoms with Crippen molar-refractivity contribution in [2.24, 2.45) is 0 Å². The van der Waals surface area contributed by atoms with Crippen LogP contribution in [0.1, 0.15) is 24.0 Å². The van der Waals surface area contributed by atoms with Gasteiger partial charge in [-0.1, -0.05) is 12.1 Å². The highest BCUT2D eigenvalue weighted by Crippen LogP contribution is 2.30. The Morgan fingerprint density at radius 2 is 1.94 bits per heavy atom. The summed E-state index contributed by atoms with van der Waals surface area (Å²) in [4.78, 5) is 18.2. The lowest BCUT2D eigenvalue weighted by molar-refractivity contribution is -0.159. The number of aromatic hydroxyl groups is 1. The first kappa shape index (κ1) is 23.8. The Kier molecular flexibility index (Phi) is 8.95. The predicted molar refractivity (Wildman–Crippen MR) is 115 cm³/mol. The Hall–Kier alpha value is -3.46. The molecule has 6 N–H and O–H groups in total. The molecule has 1 heterocycles. The molecular formula is C22H28N2O7. The third-order valence-electron chi connectivity index (χ3n) is 4.65. The third-order valence-corrected chi connectivity index (χ3v) is 4.65. The Morgan fingerprint density at radius 1 is 1.19 bits per heavy atom. The quantitative estimate of drug-likeness (QED) is 0.252. The van der Waals surface area contributed by atoms with Crippen LogP contribution in [0.4, 0.5) is 5.69 Å². The normalized spacial score (nSPS) is 14.4. The number of hydrogen-bond acceptors (Lipinski definition) is 7. The van der Waals surface area contributed by atoms with Gasteiger partial charge in [0, 0.05) is 24.4 Å². The molecule has 0 bridgehead atoms. The molecule has 0 amide bonds. The van der Waals surface area contributed by atoms with Gasteiger partial charge in [0.05, 0.1) is 6.61 Å². The van der Waals surface area contributed by atoms with Gasteiger partial charge < -0.3 is 35.8 Å². The van der Waals surface area contributed by atoms with Crippen LogP contribution in [0, 0.1) is 6.92 Å². The van der Waals surface area contributed by atoms with Crippen molar-refractivity contribution in [3.05, 3.63) is 47.5 Å². The van der Waals surface area contributed by atoms with E-state index in [0.717, 1.165) is 55.1 Å². The number of hydrogen-bond donors (Lipinski definition) is 5. The van der Waals surface area contributed by atoms with E-state index < -0.39 is 11.9 Å². The zero-order valence-electron chi connectivity index (χ0n) is 17.3. The second-order valence-electron chi connectivity index (χ2n) is 7.11. The largest absolute Gasteiger partial charge is 0.508 e. The standard InChI is InChI=1S/C20H26N2O3.C2H2O4/c1-14-3-7-17(12-19(14)21)24-10-2-9-22-13-18-8-5-15-4-6-16(23)11-20(15)25-18;3-1(4)2(5)6/h3-4,6-7,11-12,18,22-23H,2,5,8-10,13,21H2,1H3;(H,3,4)(H,5,6). The van der Waals surface area contributed by atoms with Crippen molar-refractivity contribution in [1.82, 2.24) is 5.32 Å². The summed E-state index contributed by atoms with van der Waals surface area (Å²) in [6.07, 6.45) is 3.04. The van der Waals surface area contributed by atoms with E-state index in [2.05, 4.69) is 5.32 Å². The van der Waals surface area contributed by atoms with Gasteiger partial charge >= 0.3 is 11.9 Å². The summed E-state index contributed by atoms with van der Waals surface area (Å²) in [7, 11) is 0. The summed E-state index contributed by atoms with van der Waals surface area (Å²) >= 11 is 0. The highest BCUT2D eigenvalue weighted by atomic mass is 16.5. The molecule has 2 aromatic carbocycles. The minimum absolute atomic E-state index is 0.145. The average Bonchev–Trinajstić information content (AvgIpc) is 2.73. The number of carboxylic acids is 2. The maximum Gasteiger partial charge on any atom is 0.414 e. The molecular weight excluding hydrogens is 404 g/mol. The summed E-state index contributed by atoms with van der Waals surface area (Å²) in [5.41, 5.74) is 8.87. The van der Waals surface area contributed by atoms with Gasteiger partial charge in [-0.25, -0.2) is 9.59 Å². The average molecular weight is 432 g/mol. The molecule has 0 radical (unpaired) electrons. The molecule has 0 spiro atoms. The van der Waals surface area contributed by atoms with Crippen LogP contribution < -0.4 is 20.5 Å². The fourth-order valence-corrected chi connectivity index (χ4v) is 2.92. The van der Waals surface area contributed by atoms with Crippen LogP contribution in [0.3, 0.4) is 0 Å². The molecule has 1 atom stereocenters. The summed E-state index contributed by atoms with van der Waals surface area (Å²) < 4.78 is 11.7. The molecule has 0 saturated carbocycles. The number of nitrogens with one attached hydrogen (secondary N) is 1. The summed E-state index contributed by atoms with van der Waals surface area (Å²) in [6.45, 7) is 4.30. The lowest BCUT2D eigenvalue weighted by atomic mass is 10.0. The fourth-order valence-electron chi connectivity index (χ4n) is 2.92. The van der Waals surface area contributed by atoms with Gasteiger partial charge in [0.2, 0.25) is 0 Å². The highest BCUT2D eigenvalue weighted by molar-refractivity contribution is 6.27. The molecule has 1 aliphatic heterocycles. The molecule has 9 nitrogen and oxygen atoms in total. The Balaban J connectivity index is 0.000000501. The monoisotopic (exact) mass is 432 g/mol. The summed E-state index contributed by atoms with van der Waals surface area (Å²) in [5.74, 6) is -1.78. The van der Waals surface area contributed by atoms with Crippen molar-refractivity contribution in [2.75, 3.05) is 25.4 Å². The van der Waals surface area contributed by atoms with Crippen molar-refractivity contribution in [2.45, 2.75) is 32.3 Å². The molecule has 9 heteroatoms. The highest BCUT2D eigenvalue weighted by Gasteiger charge is 2.19. The second-order valence-corrected chi connectivity index (χ2v) is 7.11. The van der Waals surface area contributed by atoms with Gasteiger partial charge in [-0.05, 0) is 56.0 Å². The number of nitrogens with two attached hydrogens (primary N) is 1. The Labute approximate surface area is 180 Å². The van der Waals surface area contributed by atoms with Gasteiger partial charge in [-0.2, -0.15) is 0 Å². The van der Waals surface area contributed by atoms with E-state index in [1.165, 1.54) is 5.56 Å². The van der Waals surface area contributed by atoms with Crippen molar-refractivity contribution < 1.29 is 34.4 Å². The molecule has 3 rings (SSSR count). The summed E-state index contributed by atoms with van der Waals surface area (Å²) in [6, 6.07) is 11.1. The Morgan fingerprint density at radius 3 is 2.61 bits per heavy atom. The van der Waals surface area contributed by atoms with Gasteiger partial charge in [0.15, 0.2) is 0 Å². The van der Waals surface area contributed by atoms with Gasteiger partial charge in [0.25, 0.3) is 0 Å². The molecule has 0 saturated heterocycles. The molecule has 31 heavy (non-hydrogen) atoms. The zero-order chi connectivity index (χ0) is 22.8. The van der Waals surface area contributed by atoms with E-state index >= 15 is 0 Å². The second kappa shape index (κ2) is 11.7. The van der Waals surface area contributed by atoms with E-state index in [9.17, 15) is 5.11 Å². The number of rotatable bonds is 7. The van der Waals surface area contributed by atoms with Crippen LogP contribution in [-0.2, 0) is 16.0 Å². The first-order valence-corrected chi connectivity index (χ1v) is 9.90. The first-order valence-electron chi connectivity index (χ1n) is 9.90. The van der Waals surface area contributed by atoms with Crippen molar-refractivity contribution in [3.8, 4) is 17.2 Å². The molecule has 2 aromatic rings. The van der Waals surface area contributed by atoms with Gasteiger partial charge in [0.1, 0.15) is 23.4 Å². The van der Waals surface area contributed by atoms with Crippen molar-refractivity contribution in [3.63, 3.8) is 0 Å². The number of benzene rings is 2. The number of phenols is 1. The zero-order valence-corrected chi connectivity index (χ0v) is 17.3. The number of anilines is 1. The number of aryl methyl sites for hydroxylation is 2. The summed E-state index contributed by atoms with van der Waals surface area (Å²) in [5, 5.41) is 27.8. The van der Waals surface area contributed by atoms with Gasteiger partial charge in [-0.3, -0.25) is 0 Å². The number of nitrogen functional groups attached to an aromatic ring is 1. The predicted octanol–water partition coefficient (Wildman–Crippen LogP) is 2.19. The lowest BCUT2D eigenvalue weighted by Gasteiger charge is -2.26. The van der Waals surface area contributed by atoms with E-state index in [4.69, 9.17) is 35.0 Å². The van der Waals surface area contributed by atoms with Crippen LogP contribution in [0.5, 0.6) is 17.2 Å². The maximum absolute atomic E-state index is 9.56. The van der Waals surface area contributed by atoms with Gasteiger partial charge in [-0.15, -0.1) is 0 Å². The van der Waals surface area contributed by atoms with E-state index in [1.807, 2.05) is 31.2 Å². The molecule has 1 aliphatic rings. The minimum Gasteiger partial charge on any atom is -0.508 e. The molecule has 0 fully saturated rings.